The first kappa shape index (κ1) is 10.9. The Morgan fingerprint density at radius 1 is 1.35 bits per heavy atom. The van der Waals surface area contributed by atoms with E-state index in [0.29, 0.717) is 5.92 Å². The summed E-state index contributed by atoms with van der Waals surface area (Å²) in [5.74, 6) is 0.612. The van der Waals surface area contributed by atoms with E-state index in [9.17, 15) is 0 Å². The van der Waals surface area contributed by atoms with Crippen LogP contribution in [-0.4, -0.2) is 33.0 Å². The lowest BCUT2D eigenvalue weighted by Crippen LogP contribution is -2.21. The van der Waals surface area contributed by atoms with Crippen molar-refractivity contribution < 1.29 is 4.74 Å². The van der Waals surface area contributed by atoms with Crippen molar-refractivity contribution in [2.45, 2.75) is 19.4 Å². The van der Waals surface area contributed by atoms with Crippen LogP contribution in [0.4, 0.5) is 0 Å². The van der Waals surface area contributed by atoms with Crippen LogP contribution >= 0.6 is 11.6 Å². The molecular weight excluding hydrogens is 240 g/mol. The van der Waals surface area contributed by atoms with Gasteiger partial charge in [-0.25, -0.2) is 9.67 Å². The molecule has 1 saturated heterocycles. The minimum Gasteiger partial charge on any atom is -0.381 e. The lowest BCUT2D eigenvalue weighted by atomic mass is 10.0. The molecule has 1 aliphatic rings. The van der Waals surface area contributed by atoms with E-state index in [0.717, 1.165) is 43.6 Å². The molecule has 0 aromatic carbocycles. The summed E-state index contributed by atoms with van der Waals surface area (Å²) in [5, 5.41) is 5.55. The number of aromatic nitrogens is 4. The lowest BCUT2D eigenvalue weighted by molar-refractivity contribution is 0.0605. The SMILES string of the molecule is Clc1ncc2cnn(CC3CCOCC3)c2n1. The highest BCUT2D eigenvalue weighted by atomic mass is 35.5. The summed E-state index contributed by atoms with van der Waals surface area (Å²) in [5.41, 5.74) is 0.816. The molecule has 5 nitrogen and oxygen atoms in total. The average molecular weight is 253 g/mol. The Bertz CT molecular complexity index is 521. The minimum atomic E-state index is 0.270. The molecule has 0 spiro atoms. The molecule has 3 heterocycles. The van der Waals surface area contributed by atoms with Gasteiger partial charge in [0, 0.05) is 26.0 Å². The van der Waals surface area contributed by atoms with Crippen molar-refractivity contribution in [1.82, 2.24) is 19.7 Å². The van der Waals surface area contributed by atoms with Crippen LogP contribution < -0.4 is 0 Å². The van der Waals surface area contributed by atoms with Crippen molar-refractivity contribution in [3.8, 4) is 0 Å². The van der Waals surface area contributed by atoms with Gasteiger partial charge >= 0.3 is 0 Å². The smallest absolute Gasteiger partial charge is 0.224 e. The molecule has 0 atom stereocenters. The number of ether oxygens (including phenoxy) is 1. The highest BCUT2D eigenvalue weighted by Crippen LogP contribution is 2.19. The maximum absolute atomic E-state index is 5.81. The van der Waals surface area contributed by atoms with Crippen LogP contribution in [0.3, 0.4) is 0 Å². The van der Waals surface area contributed by atoms with Crippen LogP contribution in [0.25, 0.3) is 11.0 Å². The van der Waals surface area contributed by atoms with Gasteiger partial charge in [0.1, 0.15) is 0 Å². The molecule has 0 bridgehead atoms. The van der Waals surface area contributed by atoms with E-state index in [1.165, 1.54) is 0 Å². The normalized spacial score (nSPS) is 17.7. The fourth-order valence-corrected chi connectivity index (χ4v) is 2.28. The summed E-state index contributed by atoms with van der Waals surface area (Å²) in [7, 11) is 0. The zero-order valence-electron chi connectivity index (χ0n) is 9.34. The molecule has 0 aliphatic carbocycles. The Labute approximate surface area is 104 Å². The molecule has 1 fully saturated rings. The third-order valence-electron chi connectivity index (χ3n) is 3.12. The summed E-state index contributed by atoms with van der Waals surface area (Å²) in [6, 6.07) is 0. The van der Waals surface area contributed by atoms with Crippen LogP contribution in [0.5, 0.6) is 0 Å². The molecule has 6 heteroatoms. The molecule has 1 aliphatic heterocycles. The summed E-state index contributed by atoms with van der Waals surface area (Å²) in [4.78, 5) is 8.17. The lowest BCUT2D eigenvalue weighted by Gasteiger charge is -2.21. The molecular formula is C11H13ClN4O. The summed E-state index contributed by atoms with van der Waals surface area (Å²) in [6.07, 6.45) is 5.66. The van der Waals surface area contributed by atoms with Gasteiger partial charge < -0.3 is 4.74 Å². The van der Waals surface area contributed by atoms with Crippen molar-refractivity contribution in [2.75, 3.05) is 13.2 Å². The highest BCUT2D eigenvalue weighted by Gasteiger charge is 2.16. The van der Waals surface area contributed by atoms with Crippen LogP contribution in [0.1, 0.15) is 12.8 Å². The molecule has 3 rings (SSSR count). The van der Waals surface area contributed by atoms with E-state index in [-0.39, 0.29) is 5.28 Å². The van der Waals surface area contributed by atoms with Gasteiger partial charge in [-0.15, -0.1) is 0 Å². The molecule has 0 radical (unpaired) electrons. The van der Waals surface area contributed by atoms with Gasteiger partial charge in [0.2, 0.25) is 5.28 Å². The predicted octanol–water partition coefficient (Wildman–Crippen LogP) is 1.91. The predicted molar refractivity (Wildman–Crippen MR) is 63.9 cm³/mol. The summed E-state index contributed by atoms with van der Waals surface area (Å²) >= 11 is 5.81. The number of halogens is 1. The second kappa shape index (κ2) is 4.58. The van der Waals surface area contributed by atoms with Crippen molar-refractivity contribution in [1.29, 1.82) is 0 Å². The van der Waals surface area contributed by atoms with Gasteiger partial charge in [-0.3, -0.25) is 0 Å². The second-order valence-corrected chi connectivity index (χ2v) is 4.64. The Balaban J connectivity index is 1.86. The third kappa shape index (κ3) is 2.25. The fraction of sp³-hybridized carbons (Fsp3) is 0.545. The average Bonchev–Trinajstić information content (AvgIpc) is 2.73. The van der Waals surface area contributed by atoms with E-state index in [4.69, 9.17) is 16.3 Å². The van der Waals surface area contributed by atoms with Crippen molar-refractivity contribution in [3.05, 3.63) is 17.7 Å². The van der Waals surface area contributed by atoms with Crippen LogP contribution in [-0.2, 0) is 11.3 Å². The van der Waals surface area contributed by atoms with Crippen molar-refractivity contribution >= 4 is 22.6 Å². The molecule has 0 N–H and O–H groups in total. The maximum atomic E-state index is 5.81. The molecule has 2 aromatic rings. The molecule has 17 heavy (non-hydrogen) atoms. The van der Waals surface area contributed by atoms with Crippen molar-refractivity contribution in [3.63, 3.8) is 0 Å². The van der Waals surface area contributed by atoms with Crippen LogP contribution in [0.15, 0.2) is 12.4 Å². The van der Waals surface area contributed by atoms with E-state index < -0.39 is 0 Å². The van der Waals surface area contributed by atoms with Gasteiger partial charge in [0.25, 0.3) is 0 Å². The first-order chi connectivity index (χ1) is 8.33. The third-order valence-corrected chi connectivity index (χ3v) is 3.30. The van der Waals surface area contributed by atoms with E-state index in [1.807, 2.05) is 4.68 Å². The molecule has 0 amide bonds. The first-order valence-corrected chi connectivity index (χ1v) is 6.12. The highest BCUT2D eigenvalue weighted by molar-refractivity contribution is 6.28. The molecule has 0 saturated carbocycles. The minimum absolute atomic E-state index is 0.270. The van der Waals surface area contributed by atoms with Gasteiger partial charge in [-0.05, 0) is 30.4 Å². The van der Waals surface area contributed by atoms with Gasteiger partial charge in [0.15, 0.2) is 5.65 Å². The van der Waals surface area contributed by atoms with Crippen LogP contribution in [0.2, 0.25) is 5.28 Å². The Kier molecular flexibility index (Phi) is 2.94. The quantitative estimate of drug-likeness (QED) is 0.766. The topological polar surface area (TPSA) is 52.8 Å². The molecule has 2 aromatic heterocycles. The number of nitrogens with zero attached hydrogens (tertiary/aromatic N) is 4. The number of fused-ring (bicyclic) bond motifs is 1. The summed E-state index contributed by atoms with van der Waals surface area (Å²) < 4.78 is 7.26. The number of hydrogen-bond acceptors (Lipinski definition) is 4. The largest absolute Gasteiger partial charge is 0.381 e. The second-order valence-electron chi connectivity index (χ2n) is 4.30. The summed E-state index contributed by atoms with van der Waals surface area (Å²) in [6.45, 7) is 2.57. The van der Waals surface area contributed by atoms with Gasteiger partial charge in [-0.1, -0.05) is 0 Å². The molecule has 0 unspecified atom stereocenters. The Morgan fingerprint density at radius 3 is 3.00 bits per heavy atom. The monoisotopic (exact) mass is 252 g/mol. The number of hydrogen-bond donors (Lipinski definition) is 0. The Hall–Kier alpha value is -1.20. The van der Waals surface area contributed by atoms with Crippen LogP contribution in [0, 0.1) is 5.92 Å². The van der Waals surface area contributed by atoms with Crippen molar-refractivity contribution in [2.24, 2.45) is 5.92 Å². The number of rotatable bonds is 2. The standard InChI is InChI=1S/C11H13ClN4O/c12-11-13-5-9-6-14-16(10(9)15-11)7-8-1-3-17-4-2-8/h5-6,8H,1-4,7H2. The molecule has 90 valence electrons. The van der Waals surface area contributed by atoms with E-state index >= 15 is 0 Å². The van der Waals surface area contributed by atoms with E-state index in [2.05, 4.69) is 15.1 Å². The van der Waals surface area contributed by atoms with Gasteiger partial charge in [0.05, 0.1) is 11.6 Å². The Morgan fingerprint density at radius 2 is 2.18 bits per heavy atom. The van der Waals surface area contributed by atoms with Gasteiger partial charge in [-0.2, -0.15) is 10.1 Å². The zero-order valence-corrected chi connectivity index (χ0v) is 10.1. The first-order valence-electron chi connectivity index (χ1n) is 5.75. The van der Waals surface area contributed by atoms with E-state index in [1.54, 1.807) is 12.4 Å². The fourth-order valence-electron chi connectivity index (χ4n) is 2.15. The maximum Gasteiger partial charge on any atom is 0.224 e. The zero-order chi connectivity index (χ0) is 11.7.